The van der Waals surface area contributed by atoms with Crippen LogP contribution < -0.4 is 19.1 Å². The first-order valence-corrected chi connectivity index (χ1v) is 14.5. The molecule has 0 aliphatic carbocycles. The van der Waals surface area contributed by atoms with Gasteiger partial charge in [0.2, 0.25) is 11.8 Å². The molecule has 0 unspecified atom stereocenters. The lowest BCUT2D eigenvalue weighted by atomic mass is 10.1. The van der Waals surface area contributed by atoms with Crippen molar-refractivity contribution in [3.63, 3.8) is 0 Å². The first kappa shape index (κ1) is 30.5. The van der Waals surface area contributed by atoms with Crippen molar-refractivity contribution in [1.82, 2.24) is 4.98 Å². The van der Waals surface area contributed by atoms with Gasteiger partial charge in [-0.3, -0.25) is 8.98 Å². The highest BCUT2D eigenvalue weighted by molar-refractivity contribution is 7.86. The molecule has 11 heteroatoms. The third-order valence-electron chi connectivity index (χ3n) is 6.16. The Morgan fingerprint density at radius 2 is 1.71 bits per heavy atom. The Labute approximate surface area is 244 Å². The molecule has 0 radical (unpaired) electrons. The number of methoxy groups -OCH3 is 1. The predicted molar refractivity (Wildman–Crippen MR) is 155 cm³/mol. The molecule has 0 bridgehead atoms. The van der Waals surface area contributed by atoms with E-state index in [0.717, 1.165) is 5.56 Å². The van der Waals surface area contributed by atoms with Crippen molar-refractivity contribution in [3.05, 3.63) is 102 Å². The summed E-state index contributed by atoms with van der Waals surface area (Å²) in [6, 6.07) is 20.8. The van der Waals surface area contributed by atoms with Gasteiger partial charge in [-0.05, 0) is 61.5 Å². The van der Waals surface area contributed by atoms with E-state index in [1.54, 1.807) is 54.6 Å². The lowest BCUT2D eigenvalue weighted by Crippen LogP contribution is -2.28. The largest absolute Gasteiger partial charge is 0.497 e. The van der Waals surface area contributed by atoms with Gasteiger partial charge in [0, 0.05) is 25.1 Å². The Hall–Kier alpha value is -4.48. The molecule has 9 nitrogen and oxygen atoms in total. The summed E-state index contributed by atoms with van der Waals surface area (Å²) in [5.41, 5.74) is 1.88. The summed E-state index contributed by atoms with van der Waals surface area (Å²) in [4.78, 5) is 18.6. The van der Waals surface area contributed by atoms with Gasteiger partial charge in [-0.25, -0.2) is 9.37 Å². The van der Waals surface area contributed by atoms with Gasteiger partial charge in [0.15, 0.2) is 11.6 Å². The van der Waals surface area contributed by atoms with Crippen LogP contribution in [0.2, 0.25) is 0 Å². The van der Waals surface area contributed by atoms with Crippen molar-refractivity contribution in [2.24, 2.45) is 0 Å². The lowest BCUT2D eigenvalue weighted by molar-refractivity contribution is -0.116. The fraction of sp³-hybridized carbons (Fsp3) is 0.226. The number of aryl methyl sites for hydroxylation is 1. The highest BCUT2D eigenvalue weighted by atomic mass is 32.2. The molecule has 0 atom stereocenters. The van der Waals surface area contributed by atoms with E-state index in [2.05, 4.69) is 4.98 Å². The Bertz CT molecular complexity index is 1630. The fourth-order valence-corrected chi connectivity index (χ4v) is 4.91. The number of carbonyl (C=O) groups excluding carboxylic acids is 1. The van der Waals surface area contributed by atoms with Crippen LogP contribution in [-0.4, -0.2) is 39.6 Å². The molecule has 220 valence electrons. The zero-order valence-electron chi connectivity index (χ0n) is 23.4. The highest BCUT2D eigenvalue weighted by Gasteiger charge is 2.21. The maximum absolute atomic E-state index is 14.3. The van der Waals surface area contributed by atoms with E-state index in [4.69, 9.17) is 18.4 Å². The summed E-state index contributed by atoms with van der Waals surface area (Å²) in [7, 11) is -2.36. The number of hydrogen-bond donors (Lipinski definition) is 0. The number of pyridine rings is 1. The zero-order chi connectivity index (χ0) is 30.1. The normalized spacial score (nSPS) is 11.1. The Morgan fingerprint density at radius 3 is 2.43 bits per heavy atom. The minimum Gasteiger partial charge on any atom is -0.497 e. The van der Waals surface area contributed by atoms with Gasteiger partial charge in [-0.2, -0.15) is 8.42 Å². The Morgan fingerprint density at radius 1 is 0.952 bits per heavy atom. The number of benzene rings is 3. The van der Waals surface area contributed by atoms with Crippen LogP contribution in [0.4, 0.5) is 10.1 Å². The number of ether oxygens (including phenoxy) is 3. The summed E-state index contributed by atoms with van der Waals surface area (Å²) in [5, 5.41) is 0. The zero-order valence-corrected chi connectivity index (χ0v) is 24.3. The number of nitrogens with zero attached hydrogens (tertiary/aromatic N) is 2. The molecule has 1 aromatic heterocycles. The number of aromatic nitrogens is 1. The summed E-state index contributed by atoms with van der Waals surface area (Å²) in [6.45, 7) is 3.39. The average molecular weight is 595 g/mol. The third-order valence-corrected chi connectivity index (χ3v) is 7.48. The van der Waals surface area contributed by atoms with Crippen LogP contribution in [-0.2, 0) is 25.6 Å². The van der Waals surface area contributed by atoms with E-state index in [9.17, 15) is 17.6 Å². The van der Waals surface area contributed by atoms with E-state index < -0.39 is 15.9 Å². The van der Waals surface area contributed by atoms with Crippen LogP contribution in [0.15, 0.2) is 90.0 Å². The first-order valence-electron chi connectivity index (χ1n) is 13.1. The Kier molecular flexibility index (Phi) is 10.1. The fourth-order valence-electron chi connectivity index (χ4n) is 3.96. The summed E-state index contributed by atoms with van der Waals surface area (Å²) in [5.74, 6) is 0.145. The second kappa shape index (κ2) is 13.9. The van der Waals surface area contributed by atoms with Gasteiger partial charge in [-0.15, -0.1) is 0 Å². The van der Waals surface area contributed by atoms with Crippen molar-refractivity contribution in [2.45, 2.75) is 31.7 Å². The minimum atomic E-state index is -3.88. The average Bonchev–Trinajstić information content (AvgIpc) is 2.98. The number of carbonyl (C=O) groups is 1. The summed E-state index contributed by atoms with van der Waals surface area (Å²) < 4.78 is 61.4. The summed E-state index contributed by atoms with van der Waals surface area (Å²) in [6.07, 6.45) is 1.77. The van der Waals surface area contributed by atoms with Crippen molar-refractivity contribution >= 4 is 21.7 Å². The molecule has 1 amide bonds. The number of halogens is 1. The standard InChI is InChI=1S/C31H31FN2O7S/c1-22-11-14-26(15-12-22)42(36,37)40-19-7-18-39-29-16-13-25(38-3)20-24(29)21-34(23(2)35)28-9-6-17-33-31(28)41-30-10-5-4-8-27(30)32/h4-6,8-17,20H,7,18-19,21H2,1-3H3. The van der Waals surface area contributed by atoms with Crippen LogP contribution >= 0.6 is 0 Å². The number of amides is 1. The smallest absolute Gasteiger partial charge is 0.296 e. The molecular formula is C31H31FN2O7S. The van der Waals surface area contributed by atoms with Gasteiger partial charge < -0.3 is 19.1 Å². The van der Waals surface area contributed by atoms with E-state index in [1.165, 1.54) is 49.4 Å². The third kappa shape index (κ3) is 7.83. The number of para-hydroxylation sites is 1. The van der Waals surface area contributed by atoms with Crippen molar-refractivity contribution in [1.29, 1.82) is 0 Å². The molecule has 0 saturated heterocycles. The van der Waals surface area contributed by atoms with E-state index in [0.29, 0.717) is 22.7 Å². The second-order valence-corrected chi connectivity index (χ2v) is 10.8. The maximum atomic E-state index is 14.3. The molecule has 0 aliphatic heterocycles. The van der Waals surface area contributed by atoms with Crippen LogP contribution in [0.5, 0.6) is 23.1 Å². The molecule has 0 aliphatic rings. The van der Waals surface area contributed by atoms with Crippen molar-refractivity contribution in [3.8, 4) is 23.1 Å². The monoisotopic (exact) mass is 594 g/mol. The van der Waals surface area contributed by atoms with Crippen molar-refractivity contribution < 1.29 is 36.0 Å². The molecule has 4 rings (SSSR count). The SMILES string of the molecule is COc1ccc(OCCCOS(=O)(=O)c2ccc(C)cc2)c(CN(C(C)=O)c2cccnc2Oc2ccccc2F)c1. The molecule has 0 spiro atoms. The molecule has 0 N–H and O–H groups in total. The first-order chi connectivity index (χ1) is 20.2. The number of rotatable bonds is 13. The van der Waals surface area contributed by atoms with Gasteiger partial charge >= 0.3 is 0 Å². The maximum Gasteiger partial charge on any atom is 0.296 e. The molecule has 1 heterocycles. The summed E-state index contributed by atoms with van der Waals surface area (Å²) >= 11 is 0. The molecule has 3 aromatic carbocycles. The Balaban J connectivity index is 1.48. The van der Waals surface area contributed by atoms with Gasteiger partial charge in [0.1, 0.15) is 17.2 Å². The minimum absolute atomic E-state index is 0.0297. The van der Waals surface area contributed by atoms with E-state index in [1.807, 2.05) is 6.92 Å². The lowest BCUT2D eigenvalue weighted by Gasteiger charge is -2.24. The number of anilines is 1. The van der Waals surface area contributed by atoms with Crippen LogP contribution in [0.25, 0.3) is 0 Å². The second-order valence-electron chi connectivity index (χ2n) is 9.23. The van der Waals surface area contributed by atoms with Crippen LogP contribution in [0.1, 0.15) is 24.5 Å². The highest BCUT2D eigenvalue weighted by Crippen LogP contribution is 2.34. The number of hydrogen-bond acceptors (Lipinski definition) is 8. The molecule has 0 saturated carbocycles. The molecule has 0 fully saturated rings. The van der Waals surface area contributed by atoms with Crippen molar-refractivity contribution in [2.75, 3.05) is 25.2 Å². The van der Waals surface area contributed by atoms with Gasteiger partial charge in [0.05, 0.1) is 31.8 Å². The quantitative estimate of drug-likeness (QED) is 0.136. The predicted octanol–water partition coefficient (Wildman–Crippen LogP) is 6.06. The molecular weight excluding hydrogens is 563 g/mol. The van der Waals surface area contributed by atoms with Gasteiger partial charge in [0.25, 0.3) is 10.1 Å². The molecule has 42 heavy (non-hydrogen) atoms. The van der Waals surface area contributed by atoms with Crippen LogP contribution in [0, 0.1) is 12.7 Å². The van der Waals surface area contributed by atoms with Gasteiger partial charge in [-0.1, -0.05) is 29.8 Å². The topological polar surface area (TPSA) is 104 Å². The van der Waals surface area contributed by atoms with E-state index in [-0.39, 0.29) is 48.6 Å². The van der Waals surface area contributed by atoms with Crippen LogP contribution in [0.3, 0.4) is 0 Å². The molecule has 4 aromatic rings. The van der Waals surface area contributed by atoms with E-state index >= 15 is 0 Å².